The average Bonchev–Trinajstić information content (AvgIpc) is 2.61. The third kappa shape index (κ3) is 1.88. The fraction of sp³-hybridized carbons (Fsp3) is 0.417. The third-order valence-electron chi connectivity index (χ3n) is 3.02. The standard InChI is InChI=1S/C12H16N2O/c1-2-11(12(13)15)14-7-9-5-3-4-6-10(9)8-14/h3-6,11H,2,7-8H2,1H3,(H2,13,15). The van der Waals surface area contributed by atoms with Crippen LogP contribution in [0.15, 0.2) is 24.3 Å². The number of nitrogens with two attached hydrogens (primary N) is 1. The molecule has 2 rings (SSSR count). The van der Waals surface area contributed by atoms with Gasteiger partial charge >= 0.3 is 0 Å². The molecule has 1 atom stereocenters. The fourth-order valence-corrected chi connectivity index (χ4v) is 2.22. The summed E-state index contributed by atoms with van der Waals surface area (Å²) >= 11 is 0. The monoisotopic (exact) mass is 204 g/mol. The zero-order valence-corrected chi connectivity index (χ0v) is 8.94. The fourth-order valence-electron chi connectivity index (χ4n) is 2.22. The molecule has 0 saturated heterocycles. The minimum Gasteiger partial charge on any atom is -0.368 e. The van der Waals surface area contributed by atoms with Gasteiger partial charge in [0.15, 0.2) is 0 Å². The molecular weight excluding hydrogens is 188 g/mol. The number of carbonyl (C=O) groups excluding carboxylic acids is 1. The van der Waals surface area contributed by atoms with Crippen molar-refractivity contribution in [3.05, 3.63) is 35.4 Å². The van der Waals surface area contributed by atoms with E-state index in [9.17, 15) is 4.79 Å². The van der Waals surface area contributed by atoms with Gasteiger partial charge in [0.05, 0.1) is 6.04 Å². The van der Waals surface area contributed by atoms with Gasteiger partial charge in [-0.25, -0.2) is 0 Å². The molecule has 3 heteroatoms. The van der Waals surface area contributed by atoms with E-state index in [0.717, 1.165) is 19.5 Å². The average molecular weight is 204 g/mol. The summed E-state index contributed by atoms with van der Waals surface area (Å²) in [5, 5.41) is 0. The number of hydrogen-bond acceptors (Lipinski definition) is 2. The maximum absolute atomic E-state index is 11.2. The Morgan fingerprint density at radius 1 is 1.40 bits per heavy atom. The van der Waals surface area contributed by atoms with Crippen molar-refractivity contribution in [2.45, 2.75) is 32.5 Å². The van der Waals surface area contributed by atoms with Gasteiger partial charge in [0.25, 0.3) is 0 Å². The lowest BCUT2D eigenvalue weighted by Crippen LogP contribution is -2.41. The number of rotatable bonds is 3. The van der Waals surface area contributed by atoms with Crippen LogP contribution < -0.4 is 5.73 Å². The molecule has 0 aromatic heterocycles. The molecule has 0 aliphatic carbocycles. The second-order valence-corrected chi connectivity index (χ2v) is 4.00. The van der Waals surface area contributed by atoms with Crippen molar-refractivity contribution in [1.29, 1.82) is 0 Å². The van der Waals surface area contributed by atoms with Gasteiger partial charge in [-0.15, -0.1) is 0 Å². The molecule has 80 valence electrons. The maximum Gasteiger partial charge on any atom is 0.234 e. The molecule has 1 unspecified atom stereocenters. The van der Waals surface area contributed by atoms with E-state index >= 15 is 0 Å². The van der Waals surface area contributed by atoms with Crippen molar-refractivity contribution in [1.82, 2.24) is 4.90 Å². The molecule has 15 heavy (non-hydrogen) atoms. The summed E-state index contributed by atoms with van der Waals surface area (Å²) in [6.45, 7) is 3.69. The smallest absolute Gasteiger partial charge is 0.234 e. The van der Waals surface area contributed by atoms with E-state index < -0.39 is 0 Å². The molecule has 0 fully saturated rings. The number of fused-ring (bicyclic) bond motifs is 1. The Morgan fingerprint density at radius 3 is 2.33 bits per heavy atom. The lowest BCUT2D eigenvalue weighted by atomic mass is 10.1. The summed E-state index contributed by atoms with van der Waals surface area (Å²) in [7, 11) is 0. The highest BCUT2D eigenvalue weighted by Crippen LogP contribution is 2.24. The largest absolute Gasteiger partial charge is 0.368 e. The highest BCUT2D eigenvalue weighted by atomic mass is 16.1. The van der Waals surface area contributed by atoms with Crippen LogP contribution in [0.4, 0.5) is 0 Å². The molecule has 0 bridgehead atoms. The highest BCUT2D eigenvalue weighted by molar-refractivity contribution is 5.79. The lowest BCUT2D eigenvalue weighted by molar-refractivity contribution is -0.123. The third-order valence-corrected chi connectivity index (χ3v) is 3.02. The predicted molar refractivity (Wildman–Crippen MR) is 59.0 cm³/mol. The first-order valence-corrected chi connectivity index (χ1v) is 5.32. The van der Waals surface area contributed by atoms with Gasteiger partial charge in [-0.1, -0.05) is 31.2 Å². The summed E-state index contributed by atoms with van der Waals surface area (Å²) in [6.07, 6.45) is 0.781. The summed E-state index contributed by atoms with van der Waals surface area (Å²) in [5.41, 5.74) is 8.02. The minimum absolute atomic E-state index is 0.127. The number of carbonyl (C=O) groups is 1. The molecule has 1 aromatic rings. The quantitative estimate of drug-likeness (QED) is 0.805. The van der Waals surface area contributed by atoms with E-state index in [1.807, 2.05) is 19.1 Å². The Balaban J connectivity index is 2.15. The van der Waals surface area contributed by atoms with Gasteiger partial charge < -0.3 is 5.73 Å². The summed E-state index contributed by atoms with van der Waals surface area (Å²) in [4.78, 5) is 13.4. The van der Waals surface area contributed by atoms with Gasteiger partial charge in [0.2, 0.25) is 5.91 Å². The van der Waals surface area contributed by atoms with Crippen molar-refractivity contribution in [3.63, 3.8) is 0 Å². The Labute approximate surface area is 89.9 Å². The zero-order chi connectivity index (χ0) is 10.8. The van der Waals surface area contributed by atoms with Crippen LogP contribution in [0, 0.1) is 0 Å². The van der Waals surface area contributed by atoms with Crippen LogP contribution in [0.25, 0.3) is 0 Å². The Bertz CT molecular complexity index is 351. The van der Waals surface area contributed by atoms with E-state index in [-0.39, 0.29) is 11.9 Å². The Hall–Kier alpha value is -1.35. The number of nitrogens with zero attached hydrogens (tertiary/aromatic N) is 1. The van der Waals surface area contributed by atoms with Crippen LogP contribution in [0.5, 0.6) is 0 Å². The van der Waals surface area contributed by atoms with Gasteiger partial charge in [0, 0.05) is 13.1 Å². The molecule has 2 N–H and O–H groups in total. The van der Waals surface area contributed by atoms with Crippen molar-refractivity contribution in [2.75, 3.05) is 0 Å². The molecule has 1 heterocycles. The first-order valence-electron chi connectivity index (χ1n) is 5.32. The molecule has 1 aliphatic heterocycles. The lowest BCUT2D eigenvalue weighted by Gasteiger charge is -2.23. The molecule has 3 nitrogen and oxygen atoms in total. The number of benzene rings is 1. The van der Waals surface area contributed by atoms with Crippen molar-refractivity contribution in [3.8, 4) is 0 Å². The van der Waals surface area contributed by atoms with Crippen molar-refractivity contribution >= 4 is 5.91 Å². The molecule has 0 saturated carbocycles. The van der Waals surface area contributed by atoms with Gasteiger partial charge in [-0.2, -0.15) is 0 Å². The molecule has 1 aliphatic rings. The first kappa shape index (κ1) is 10.2. The molecule has 0 spiro atoms. The molecule has 1 aromatic carbocycles. The van der Waals surface area contributed by atoms with E-state index in [0.29, 0.717) is 0 Å². The number of hydrogen-bond donors (Lipinski definition) is 1. The molecular formula is C12H16N2O. The van der Waals surface area contributed by atoms with Crippen LogP contribution in [-0.4, -0.2) is 16.8 Å². The molecule has 1 amide bonds. The second-order valence-electron chi connectivity index (χ2n) is 4.00. The normalized spacial score (nSPS) is 17.4. The van der Waals surface area contributed by atoms with E-state index in [1.54, 1.807) is 0 Å². The van der Waals surface area contributed by atoms with E-state index in [4.69, 9.17) is 5.73 Å². The topological polar surface area (TPSA) is 46.3 Å². The number of amides is 1. The summed E-state index contributed by atoms with van der Waals surface area (Å²) in [6, 6.07) is 8.17. The SMILES string of the molecule is CCC(C(N)=O)N1Cc2ccccc2C1. The van der Waals surface area contributed by atoms with Crippen LogP contribution in [0.3, 0.4) is 0 Å². The van der Waals surface area contributed by atoms with Gasteiger partial charge in [-0.05, 0) is 17.5 Å². The van der Waals surface area contributed by atoms with Crippen LogP contribution in [-0.2, 0) is 17.9 Å². The highest BCUT2D eigenvalue weighted by Gasteiger charge is 2.27. The predicted octanol–water partition coefficient (Wildman–Crippen LogP) is 1.27. The minimum atomic E-state index is -0.217. The van der Waals surface area contributed by atoms with Crippen LogP contribution in [0.2, 0.25) is 0 Å². The Kier molecular flexibility index (Phi) is 2.73. The molecule has 0 radical (unpaired) electrons. The second kappa shape index (κ2) is 4.03. The Morgan fingerprint density at radius 2 is 1.93 bits per heavy atom. The van der Waals surface area contributed by atoms with Crippen LogP contribution in [0.1, 0.15) is 24.5 Å². The van der Waals surface area contributed by atoms with E-state index in [2.05, 4.69) is 17.0 Å². The zero-order valence-electron chi connectivity index (χ0n) is 8.94. The summed E-state index contributed by atoms with van der Waals surface area (Å²) in [5.74, 6) is -0.217. The summed E-state index contributed by atoms with van der Waals surface area (Å²) < 4.78 is 0. The van der Waals surface area contributed by atoms with Crippen molar-refractivity contribution in [2.24, 2.45) is 5.73 Å². The van der Waals surface area contributed by atoms with Crippen molar-refractivity contribution < 1.29 is 4.79 Å². The number of primary amides is 1. The van der Waals surface area contributed by atoms with E-state index in [1.165, 1.54) is 11.1 Å². The first-order chi connectivity index (χ1) is 7.22. The maximum atomic E-state index is 11.2. The van der Waals surface area contributed by atoms with Gasteiger partial charge in [-0.3, -0.25) is 9.69 Å². The van der Waals surface area contributed by atoms with Crippen LogP contribution >= 0.6 is 0 Å². The van der Waals surface area contributed by atoms with Gasteiger partial charge in [0.1, 0.15) is 0 Å².